The average molecular weight is 440 g/mol. The molecule has 2 aromatic carbocycles. The lowest BCUT2D eigenvalue weighted by atomic mass is 10.0. The molecule has 7 nitrogen and oxygen atoms in total. The summed E-state index contributed by atoms with van der Waals surface area (Å²) in [4.78, 5) is 9.47. The van der Waals surface area contributed by atoms with Gasteiger partial charge in [0.1, 0.15) is 5.82 Å². The summed E-state index contributed by atoms with van der Waals surface area (Å²) in [5.41, 5.74) is 9.01. The Bertz CT molecular complexity index is 1270. The fourth-order valence-electron chi connectivity index (χ4n) is 4.30. The molecule has 0 saturated heterocycles. The first kappa shape index (κ1) is 21.2. The summed E-state index contributed by atoms with van der Waals surface area (Å²) >= 11 is 0. The smallest absolute Gasteiger partial charge is 0.229 e. The number of anilines is 4. The third-order valence-electron chi connectivity index (χ3n) is 5.89. The Morgan fingerprint density at radius 1 is 0.970 bits per heavy atom. The number of aromatic nitrogens is 4. The van der Waals surface area contributed by atoms with Gasteiger partial charge >= 0.3 is 0 Å². The molecule has 4 aromatic rings. The van der Waals surface area contributed by atoms with Crippen LogP contribution >= 0.6 is 0 Å². The van der Waals surface area contributed by atoms with Gasteiger partial charge in [0.25, 0.3) is 0 Å². The molecule has 0 fully saturated rings. The van der Waals surface area contributed by atoms with Crippen molar-refractivity contribution >= 4 is 23.1 Å². The number of nitrogens with one attached hydrogen (secondary N) is 3. The van der Waals surface area contributed by atoms with Gasteiger partial charge in [-0.05, 0) is 80.3 Å². The van der Waals surface area contributed by atoms with E-state index < -0.39 is 0 Å². The third kappa shape index (κ3) is 4.73. The highest BCUT2D eigenvalue weighted by Gasteiger charge is 2.14. The molecule has 0 bridgehead atoms. The molecule has 1 aliphatic heterocycles. The maximum atomic E-state index is 4.86. The van der Waals surface area contributed by atoms with E-state index in [1.165, 1.54) is 22.3 Å². The van der Waals surface area contributed by atoms with E-state index in [9.17, 15) is 0 Å². The summed E-state index contributed by atoms with van der Waals surface area (Å²) < 4.78 is 1.91. The lowest BCUT2D eigenvalue weighted by Gasteiger charge is -2.19. The molecule has 5 rings (SSSR count). The molecule has 0 spiro atoms. The molecule has 2 aromatic heterocycles. The van der Waals surface area contributed by atoms with Gasteiger partial charge < -0.3 is 16.0 Å². The van der Waals surface area contributed by atoms with Gasteiger partial charge in [-0.2, -0.15) is 10.1 Å². The van der Waals surface area contributed by atoms with Crippen LogP contribution in [-0.4, -0.2) is 26.3 Å². The highest BCUT2D eigenvalue weighted by molar-refractivity contribution is 5.78. The summed E-state index contributed by atoms with van der Waals surface area (Å²) in [5.74, 6) is 1.30. The zero-order valence-electron chi connectivity index (χ0n) is 19.3. The molecule has 3 N–H and O–H groups in total. The van der Waals surface area contributed by atoms with Crippen molar-refractivity contribution < 1.29 is 0 Å². The SMILES string of the molecule is CCn1cc(-c2cnc(Nc3cc(C)cc(C)c3)nc2Nc2ccc3c(c2)CNCC3)cn1. The van der Waals surface area contributed by atoms with Gasteiger partial charge in [-0.1, -0.05) is 12.1 Å². The van der Waals surface area contributed by atoms with E-state index in [2.05, 4.69) is 83.2 Å². The van der Waals surface area contributed by atoms with Gasteiger partial charge in [0.15, 0.2) is 0 Å². The van der Waals surface area contributed by atoms with Crippen LogP contribution < -0.4 is 16.0 Å². The summed E-state index contributed by atoms with van der Waals surface area (Å²) in [5, 5.41) is 14.8. The van der Waals surface area contributed by atoms with Gasteiger partial charge in [-0.3, -0.25) is 4.68 Å². The van der Waals surface area contributed by atoms with Crippen molar-refractivity contribution in [3.8, 4) is 11.1 Å². The predicted molar refractivity (Wildman–Crippen MR) is 133 cm³/mol. The summed E-state index contributed by atoms with van der Waals surface area (Å²) in [6.07, 6.45) is 6.81. The minimum Gasteiger partial charge on any atom is -0.340 e. The Morgan fingerprint density at radius 2 is 1.82 bits per heavy atom. The van der Waals surface area contributed by atoms with Gasteiger partial charge in [0.2, 0.25) is 5.95 Å². The first-order valence-corrected chi connectivity index (χ1v) is 11.4. The van der Waals surface area contributed by atoms with Gasteiger partial charge in [0.05, 0.1) is 6.20 Å². The van der Waals surface area contributed by atoms with Crippen LogP contribution in [0.15, 0.2) is 55.0 Å². The number of hydrogen-bond acceptors (Lipinski definition) is 6. The van der Waals surface area contributed by atoms with Crippen molar-refractivity contribution in [1.82, 2.24) is 25.1 Å². The minimum atomic E-state index is 0.550. The molecular weight excluding hydrogens is 410 g/mol. The van der Waals surface area contributed by atoms with Gasteiger partial charge in [-0.25, -0.2) is 4.98 Å². The van der Waals surface area contributed by atoms with Crippen molar-refractivity contribution in [3.63, 3.8) is 0 Å². The fraction of sp³-hybridized carbons (Fsp3) is 0.269. The number of nitrogens with zero attached hydrogens (tertiary/aromatic N) is 4. The summed E-state index contributed by atoms with van der Waals surface area (Å²) in [6, 6.07) is 12.9. The molecule has 0 saturated carbocycles. The molecule has 0 aliphatic carbocycles. The number of hydrogen-bond donors (Lipinski definition) is 3. The Labute approximate surface area is 194 Å². The third-order valence-corrected chi connectivity index (χ3v) is 5.89. The largest absolute Gasteiger partial charge is 0.340 e. The Morgan fingerprint density at radius 3 is 2.61 bits per heavy atom. The molecule has 7 heteroatoms. The van der Waals surface area contributed by atoms with Crippen molar-refractivity contribution in [1.29, 1.82) is 0 Å². The van der Waals surface area contributed by atoms with Crippen molar-refractivity contribution in [3.05, 3.63) is 77.2 Å². The van der Waals surface area contributed by atoms with E-state index in [1.807, 2.05) is 23.3 Å². The first-order chi connectivity index (χ1) is 16.1. The molecule has 1 aliphatic rings. The number of benzene rings is 2. The highest BCUT2D eigenvalue weighted by Crippen LogP contribution is 2.31. The quantitative estimate of drug-likeness (QED) is 0.387. The molecular formula is C26H29N7. The summed E-state index contributed by atoms with van der Waals surface area (Å²) in [7, 11) is 0. The van der Waals surface area contributed by atoms with Crippen LogP contribution in [0, 0.1) is 13.8 Å². The Hall–Kier alpha value is -3.71. The maximum Gasteiger partial charge on any atom is 0.229 e. The second kappa shape index (κ2) is 9.03. The van der Waals surface area contributed by atoms with Crippen LogP contribution in [0.1, 0.15) is 29.2 Å². The van der Waals surface area contributed by atoms with E-state index >= 15 is 0 Å². The van der Waals surface area contributed by atoms with E-state index in [0.29, 0.717) is 5.95 Å². The van der Waals surface area contributed by atoms with E-state index in [-0.39, 0.29) is 0 Å². The fourth-order valence-corrected chi connectivity index (χ4v) is 4.30. The molecule has 168 valence electrons. The van der Waals surface area contributed by atoms with E-state index in [1.54, 1.807) is 0 Å². The Balaban J connectivity index is 1.51. The lowest BCUT2D eigenvalue weighted by Crippen LogP contribution is -2.23. The van der Waals surface area contributed by atoms with Crippen molar-refractivity contribution in [2.75, 3.05) is 17.2 Å². The van der Waals surface area contributed by atoms with Crippen molar-refractivity contribution in [2.24, 2.45) is 0 Å². The van der Waals surface area contributed by atoms with E-state index in [4.69, 9.17) is 4.98 Å². The van der Waals surface area contributed by atoms with Crippen LogP contribution in [0.25, 0.3) is 11.1 Å². The average Bonchev–Trinajstić information content (AvgIpc) is 3.28. The van der Waals surface area contributed by atoms with Crippen LogP contribution in [0.3, 0.4) is 0 Å². The first-order valence-electron chi connectivity index (χ1n) is 11.4. The van der Waals surface area contributed by atoms with Crippen LogP contribution in [-0.2, 0) is 19.5 Å². The van der Waals surface area contributed by atoms with Gasteiger partial charge in [0, 0.05) is 48.0 Å². The molecule has 0 atom stereocenters. The van der Waals surface area contributed by atoms with E-state index in [0.717, 1.165) is 54.4 Å². The normalized spacial score (nSPS) is 12.9. The molecule has 33 heavy (non-hydrogen) atoms. The van der Waals surface area contributed by atoms with Crippen LogP contribution in [0.5, 0.6) is 0 Å². The van der Waals surface area contributed by atoms with Crippen LogP contribution in [0.2, 0.25) is 0 Å². The zero-order chi connectivity index (χ0) is 22.8. The number of fused-ring (bicyclic) bond motifs is 1. The molecule has 0 unspecified atom stereocenters. The second-order valence-corrected chi connectivity index (χ2v) is 8.58. The summed E-state index contributed by atoms with van der Waals surface area (Å²) in [6.45, 7) is 8.99. The van der Waals surface area contributed by atoms with Crippen molar-refractivity contribution in [2.45, 2.75) is 40.3 Å². The topological polar surface area (TPSA) is 79.7 Å². The monoisotopic (exact) mass is 439 g/mol. The number of aryl methyl sites for hydroxylation is 3. The second-order valence-electron chi connectivity index (χ2n) is 8.58. The molecule has 0 radical (unpaired) electrons. The highest BCUT2D eigenvalue weighted by atomic mass is 15.3. The standard InChI is InChI=1S/C26H29N7/c1-4-33-16-21(14-29-33)24-15-28-26(31-23-10-17(2)9-18(3)11-23)32-25(24)30-22-6-5-19-7-8-27-13-20(19)12-22/h5-6,9-12,14-16,27H,4,7-8,13H2,1-3H3,(H2,28,30,31,32). The Kier molecular flexibility index (Phi) is 5.79. The zero-order valence-corrected chi connectivity index (χ0v) is 19.3. The maximum absolute atomic E-state index is 4.86. The van der Waals surface area contributed by atoms with Gasteiger partial charge in [-0.15, -0.1) is 0 Å². The lowest BCUT2D eigenvalue weighted by molar-refractivity contribution is 0.644. The van der Waals surface area contributed by atoms with Crippen LogP contribution in [0.4, 0.5) is 23.1 Å². The molecule has 0 amide bonds. The minimum absolute atomic E-state index is 0.550. The molecule has 3 heterocycles. The number of rotatable bonds is 6. The predicted octanol–water partition coefficient (Wildman–Crippen LogP) is 5.11.